The molecule has 0 atom stereocenters. The first-order chi connectivity index (χ1) is 72.4. The molecule has 0 unspecified atom stereocenters. The Morgan fingerprint density at radius 2 is 0.466 bits per heavy atom. The number of rotatable bonds is 6. The topological polar surface area (TPSA) is 104 Å². The van der Waals surface area contributed by atoms with Crippen LogP contribution in [0.1, 0.15) is 0 Å². The number of imidazole rings is 3. The summed E-state index contributed by atoms with van der Waals surface area (Å²) in [5.41, 5.74) is 31.2. The van der Waals surface area contributed by atoms with Gasteiger partial charge in [-0.2, -0.15) is 0 Å². The zero-order valence-electron chi connectivity index (χ0n) is 78.5. The first-order valence-corrected chi connectivity index (χ1v) is 49.7. The van der Waals surface area contributed by atoms with E-state index in [1.54, 1.807) is 0 Å². The third-order valence-electron chi connectivity index (χ3n) is 30.7. The SMILES string of the molecule is c1cc(-c2ccc3c4ccc5cccnc5c4c4nc5ccccc5n4c3c2)cc(-c2cc3c4ccccc4c4ccccc4c3c3ccccc23)c1.c1cc(-c2ccc3c4ccc5cccnc5c4c4nc5ccccc5n4c3c2)cc(-c2cccc3c2oc2ccccc23)c1.c1cc(-c2ccc3c4ccccc4c4ccccc4c3c2)cc(-c2ccc3c4ccc5cccnc5c4c4nc5ccccc5n4c3c2)c1. The van der Waals surface area contributed by atoms with Crippen LogP contribution >= 0.6 is 0 Å². The Bertz CT molecular complexity index is 11500. The first-order valence-electron chi connectivity index (χ1n) is 49.7. The predicted octanol–water partition coefficient (Wildman–Crippen LogP) is 36.0. The van der Waals surface area contributed by atoms with Gasteiger partial charge in [0.1, 0.15) is 28.1 Å². The standard InChI is InChI=1S/C50H29N3.C46H27N3.C40H23N3O/c1-2-16-36-34(14-1)35-15-3-5-18-39(35)47-40-19-6-4-17-37(40)42(29-43(36)47)33-12-9-11-31(27-33)32-23-24-38-41-25-22-30-13-10-26-51-49(30)48(41)50-52-44-20-7-8-21-45(44)53(50)46(38)28-32;1-2-14-35-33(12-1)34-13-3-4-15-36(34)40-26-31(19-21-37(35)40)29-9-7-10-30(25-29)32-20-22-38-39-23-18-28-11-8-24-47-45(28)44(39)46-48-41-16-5-6-17-42(41)49(46)43(38)27-32;1-4-16-36-30(11-1)32-13-6-12-28(39(32)44-36)27-9-5-8-25(22-27)26-18-19-29-31-20-17-24-10-7-21-41-38(24)37(31)40-42-33-14-2-3-15-34(33)43(40)35(29)23-26/h1-29H;1-27H;1-23H. The summed E-state index contributed by atoms with van der Waals surface area (Å²) < 4.78 is 13.3. The largest absolute Gasteiger partial charge is 0.455 e. The van der Waals surface area contributed by atoms with Gasteiger partial charge in [0.2, 0.25) is 0 Å². The number of benzene rings is 23. The number of aromatic nitrogens is 9. The molecule has 10 nitrogen and oxygen atoms in total. The second-order valence-corrected chi connectivity index (χ2v) is 38.5. The predicted molar refractivity (Wildman–Crippen MR) is 611 cm³/mol. The molecule has 10 aromatic heterocycles. The molecule has 0 radical (unpaired) electrons. The molecule has 0 N–H and O–H groups in total. The lowest BCUT2D eigenvalue weighted by Crippen LogP contribution is -1.94. The van der Waals surface area contributed by atoms with Crippen LogP contribution in [0.3, 0.4) is 0 Å². The van der Waals surface area contributed by atoms with Gasteiger partial charge in [-0.25, -0.2) is 15.0 Å². The van der Waals surface area contributed by atoms with E-state index < -0.39 is 0 Å². The molecule has 0 bridgehead atoms. The molecule has 33 aromatic rings. The molecule has 0 aliphatic rings. The molecule has 0 aliphatic heterocycles. The van der Waals surface area contributed by atoms with Gasteiger partial charge in [-0.05, 0) is 262 Å². The molecule has 10 heteroatoms. The van der Waals surface area contributed by atoms with Crippen LogP contribution in [-0.4, -0.2) is 43.1 Å². The fourth-order valence-corrected chi connectivity index (χ4v) is 24.2. The van der Waals surface area contributed by atoms with Crippen molar-refractivity contribution >= 4 is 245 Å². The van der Waals surface area contributed by atoms with E-state index in [1.807, 2.05) is 48.9 Å². The van der Waals surface area contributed by atoms with E-state index in [1.165, 1.54) is 141 Å². The van der Waals surface area contributed by atoms with Crippen molar-refractivity contribution in [2.45, 2.75) is 0 Å². The number of pyridine rings is 6. The smallest absolute Gasteiger partial charge is 0.148 e. The zero-order valence-corrected chi connectivity index (χ0v) is 78.5. The number of fused-ring (bicyclic) bond motifs is 47. The van der Waals surface area contributed by atoms with E-state index >= 15 is 0 Å². The van der Waals surface area contributed by atoms with E-state index in [0.29, 0.717) is 0 Å². The number of furan rings is 1. The number of hydrogen-bond acceptors (Lipinski definition) is 7. The molecule has 33 rings (SSSR count). The molecule has 0 amide bonds. The summed E-state index contributed by atoms with van der Waals surface area (Å²) in [5, 5.41) is 34.0. The lowest BCUT2D eigenvalue weighted by molar-refractivity contribution is 0.670. The zero-order chi connectivity index (χ0) is 95.5. The second-order valence-electron chi connectivity index (χ2n) is 38.5. The second kappa shape index (κ2) is 31.9. The molecule has 0 saturated carbocycles. The highest BCUT2D eigenvalue weighted by Gasteiger charge is 2.26. The van der Waals surface area contributed by atoms with Crippen molar-refractivity contribution < 1.29 is 4.42 Å². The van der Waals surface area contributed by atoms with E-state index in [9.17, 15) is 0 Å². The lowest BCUT2D eigenvalue weighted by atomic mass is 9.87. The van der Waals surface area contributed by atoms with E-state index in [-0.39, 0.29) is 0 Å². The van der Waals surface area contributed by atoms with Gasteiger partial charge in [0, 0.05) is 67.2 Å². The van der Waals surface area contributed by atoms with Gasteiger partial charge in [0.25, 0.3) is 0 Å². The maximum Gasteiger partial charge on any atom is 0.148 e. The van der Waals surface area contributed by atoms with E-state index in [4.69, 9.17) is 34.3 Å². The maximum atomic E-state index is 6.38. The van der Waals surface area contributed by atoms with Crippen LogP contribution < -0.4 is 0 Å². The van der Waals surface area contributed by atoms with Crippen molar-refractivity contribution in [2.75, 3.05) is 0 Å². The summed E-state index contributed by atoms with van der Waals surface area (Å²) in [5.74, 6) is 0. The first kappa shape index (κ1) is 81.2. The Kier molecular flexibility index (Phi) is 17.8. The summed E-state index contributed by atoms with van der Waals surface area (Å²) in [6, 6.07) is 166. The van der Waals surface area contributed by atoms with Crippen molar-refractivity contribution in [1.82, 2.24) is 43.1 Å². The van der Waals surface area contributed by atoms with Crippen molar-refractivity contribution in [1.29, 1.82) is 0 Å². The minimum atomic E-state index is 0.910. The average molecular weight is 1860 g/mol. The minimum absolute atomic E-state index is 0.910. The van der Waals surface area contributed by atoms with Gasteiger partial charge in [0.05, 0.1) is 82.4 Å². The molecule has 0 spiro atoms. The Balaban J connectivity index is 0.0000000999. The van der Waals surface area contributed by atoms with Gasteiger partial charge < -0.3 is 4.42 Å². The van der Waals surface area contributed by atoms with Crippen molar-refractivity contribution in [2.24, 2.45) is 0 Å². The van der Waals surface area contributed by atoms with Crippen molar-refractivity contribution in [3.8, 4) is 66.8 Å². The molecular weight excluding hydrogens is 1780 g/mol. The minimum Gasteiger partial charge on any atom is -0.455 e. The van der Waals surface area contributed by atoms with Crippen LogP contribution in [0, 0.1) is 0 Å². The van der Waals surface area contributed by atoms with Crippen LogP contribution in [0.2, 0.25) is 0 Å². The van der Waals surface area contributed by atoms with Crippen LogP contribution in [0.4, 0.5) is 0 Å². The fourth-order valence-electron chi connectivity index (χ4n) is 24.2. The monoisotopic (exact) mass is 1850 g/mol. The molecule has 0 fully saturated rings. The van der Waals surface area contributed by atoms with Crippen molar-refractivity contribution in [3.05, 3.63) is 480 Å². The highest BCUT2D eigenvalue weighted by molar-refractivity contribution is 6.34. The molecule has 0 aliphatic carbocycles. The molecule has 10 heterocycles. The molecule has 146 heavy (non-hydrogen) atoms. The Morgan fingerprint density at radius 3 is 0.911 bits per heavy atom. The highest BCUT2D eigenvalue weighted by atomic mass is 16.3. The van der Waals surface area contributed by atoms with Gasteiger partial charge in [-0.15, -0.1) is 0 Å². The Morgan fingerprint density at radius 1 is 0.164 bits per heavy atom. The lowest BCUT2D eigenvalue weighted by Gasteiger charge is -2.17. The summed E-state index contributed by atoms with van der Waals surface area (Å²) >= 11 is 0. The van der Waals surface area contributed by atoms with E-state index in [2.05, 4.69) is 444 Å². The van der Waals surface area contributed by atoms with Crippen LogP contribution in [-0.2, 0) is 0 Å². The number of para-hydroxylation sites is 8. The highest BCUT2D eigenvalue weighted by Crippen LogP contribution is 2.49. The molecule has 0 saturated heterocycles. The summed E-state index contributed by atoms with van der Waals surface area (Å²) in [4.78, 5) is 30.1. The quantitative estimate of drug-likeness (QED) is 0.153. The van der Waals surface area contributed by atoms with Crippen molar-refractivity contribution in [3.63, 3.8) is 0 Å². The third-order valence-corrected chi connectivity index (χ3v) is 30.7. The van der Waals surface area contributed by atoms with Crippen LogP contribution in [0.5, 0.6) is 0 Å². The molecule has 23 aromatic carbocycles. The Labute approximate surface area is 833 Å². The molecule has 674 valence electrons. The van der Waals surface area contributed by atoms with Crippen LogP contribution in [0.25, 0.3) is 312 Å². The average Bonchev–Trinajstić information content (AvgIpc) is 1.41. The fraction of sp³-hybridized carbons (Fsp3) is 0. The maximum absolute atomic E-state index is 6.38. The number of hydrogen-bond donors (Lipinski definition) is 0. The van der Waals surface area contributed by atoms with Gasteiger partial charge in [0.15, 0.2) is 0 Å². The number of nitrogens with zero attached hydrogens (tertiary/aromatic N) is 9. The third kappa shape index (κ3) is 12.3. The summed E-state index contributed by atoms with van der Waals surface area (Å²) in [6.07, 6.45) is 5.62. The summed E-state index contributed by atoms with van der Waals surface area (Å²) in [6.45, 7) is 0. The molecular formula is C136H79N9O. The normalized spacial score (nSPS) is 12.1. The van der Waals surface area contributed by atoms with E-state index in [0.717, 1.165) is 170 Å². The Hall–Kier alpha value is -19.7. The van der Waals surface area contributed by atoms with Gasteiger partial charge in [-0.1, -0.05) is 352 Å². The van der Waals surface area contributed by atoms with Crippen LogP contribution in [0.15, 0.2) is 484 Å². The van der Waals surface area contributed by atoms with Gasteiger partial charge >= 0.3 is 0 Å². The van der Waals surface area contributed by atoms with Gasteiger partial charge in [-0.3, -0.25) is 28.2 Å². The summed E-state index contributed by atoms with van der Waals surface area (Å²) in [7, 11) is 0.